The molecule has 0 amide bonds. The number of carbonyl (C=O) groups excluding carboxylic acids is 1. The Morgan fingerprint density at radius 1 is 1.11 bits per heavy atom. The van der Waals surface area contributed by atoms with E-state index in [-0.39, 0.29) is 12.4 Å². The molecule has 0 aliphatic rings. The van der Waals surface area contributed by atoms with E-state index in [1.807, 2.05) is 36.5 Å². The third-order valence-corrected chi connectivity index (χ3v) is 5.25. The number of hydrogen-bond donors (Lipinski definition) is 0. The summed E-state index contributed by atoms with van der Waals surface area (Å²) < 4.78 is 6.57. The molecule has 0 aliphatic carbocycles. The smallest absolute Gasteiger partial charge is 0.174 e. The van der Waals surface area contributed by atoms with Crippen LogP contribution in [0, 0.1) is 0 Å². The van der Waals surface area contributed by atoms with Crippen LogP contribution in [-0.2, 0) is 11.2 Å². The van der Waals surface area contributed by atoms with Gasteiger partial charge in [-0.3, -0.25) is 9.78 Å². The van der Waals surface area contributed by atoms with Crippen LogP contribution < -0.4 is 4.74 Å². The molecule has 4 aromatic rings. The van der Waals surface area contributed by atoms with Crippen molar-refractivity contribution in [3.63, 3.8) is 0 Å². The number of thiazole rings is 1. The number of carbonyl (C=O) groups is 1. The van der Waals surface area contributed by atoms with E-state index < -0.39 is 0 Å². The quantitative estimate of drug-likeness (QED) is 0.451. The van der Waals surface area contributed by atoms with Gasteiger partial charge in [0.15, 0.2) is 5.78 Å². The van der Waals surface area contributed by atoms with Gasteiger partial charge in [0, 0.05) is 29.4 Å². The molecule has 0 unspecified atom stereocenters. The second-order valence-electron chi connectivity index (χ2n) is 6.02. The third kappa shape index (κ3) is 4.32. The lowest BCUT2D eigenvalue weighted by Gasteiger charge is -2.06. The molecule has 0 saturated carbocycles. The molecule has 4 rings (SSSR count). The van der Waals surface area contributed by atoms with Gasteiger partial charge in [0.05, 0.1) is 10.2 Å². The fourth-order valence-corrected chi connectivity index (χ4v) is 3.83. The highest BCUT2D eigenvalue weighted by Gasteiger charge is 2.09. The maximum atomic E-state index is 12.3. The molecule has 6 heteroatoms. The summed E-state index contributed by atoms with van der Waals surface area (Å²) in [6.07, 6.45) is 3.86. The van der Waals surface area contributed by atoms with Gasteiger partial charge in [-0.25, -0.2) is 4.98 Å². The molecular weight excluding hydrogens is 380 g/mol. The first-order chi connectivity index (χ1) is 13.2. The van der Waals surface area contributed by atoms with Gasteiger partial charge in [0.1, 0.15) is 17.4 Å². The van der Waals surface area contributed by atoms with E-state index in [0.717, 1.165) is 26.4 Å². The van der Waals surface area contributed by atoms with Crippen LogP contribution in [0.5, 0.6) is 5.75 Å². The molecule has 0 spiro atoms. The summed E-state index contributed by atoms with van der Waals surface area (Å²) in [6, 6.07) is 16.8. The van der Waals surface area contributed by atoms with Gasteiger partial charge in [-0.05, 0) is 35.9 Å². The van der Waals surface area contributed by atoms with Crippen molar-refractivity contribution in [2.75, 3.05) is 6.61 Å². The van der Waals surface area contributed by atoms with Crippen LogP contribution in [0.3, 0.4) is 0 Å². The maximum Gasteiger partial charge on any atom is 0.174 e. The van der Waals surface area contributed by atoms with E-state index in [1.165, 1.54) is 0 Å². The highest BCUT2D eigenvalue weighted by atomic mass is 35.5. The van der Waals surface area contributed by atoms with Gasteiger partial charge in [0.25, 0.3) is 0 Å². The van der Waals surface area contributed by atoms with E-state index in [2.05, 4.69) is 9.97 Å². The van der Waals surface area contributed by atoms with Gasteiger partial charge in [-0.15, -0.1) is 11.3 Å². The van der Waals surface area contributed by atoms with Crippen LogP contribution in [0.4, 0.5) is 0 Å². The topological polar surface area (TPSA) is 52.1 Å². The minimum Gasteiger partial charge on any atom is -0.486 e. The molecule has 0 saturated heterocycles. The number of benzene rings is 2. The molecule has 0 N–H and O–H groups in total. The van der Waals surface area contributed by atoms with Gasteiger partial charge in [-0.1, -0.05) is 35.9 Å². The average Bonchev–Trinajstić information content (AvgIpc) is 3.11. The number of Topliss-reactive ketones (excluding diaryl/α,β-unsaturated/α-hetero) is 1. The summed E-state index contributed by atoms with van der Waals surface area (Å²) in [5, 5.41) is 1.50. The zero-order valence-corrected chi connectivity index (χ0v) is 15.8. The van der Waals surface area contributed by atoms with Crippen LogP contribution in [0.15, 0.2) is 67.0 Å². The molecule has 2 aromatic heterocycles. The third-order valence-electron chi connectivity index (χ3n) is 3.96. The van der Waals surface area contributed by atoms with Crippen molar-refractivity contribution in [3.8, 4) is 16.3 Å². The van der Waals surface area contributed by atoms with Gasteiger partial charge < -0.3 is 4.74 Å². The average molecular weight is 395 g/mol. The Kier molecular flexibility index (Phi) is 5.14. The normalized spacial score (nSPS) is 10.9. The summed E-state index contributed by atoms with van der Waals surface area (Å²) >= 11 is 7.51. The number of ketones is 1. The first-order valence-corrected chi connectivity index (χ1v) is 9.57. The van der Waals surface area contributed by atoms with Gasteiger partial charge in [0.2, 0.25) is 0 Å². The molecule has 134 valence electrons. The number of ether oxygens (including phenoxy) is 1. The minimum absolute atomic E-state index is 0.000579. The van der Waals surface area contributed by atoms with Crippen LogP contribution in [0.25, 0.3) is 20.8 Å². The lowest BCUT2D eigenvalue weighted by molar-refractivity contribution is -0.120. The minimum atomic E-state index is 0.000579. The molecule has 4 nitrogen and oxygen atoms in total. The lowest BCUT2D eigenvalue weighted by atomic mass is 10.1. The summed E-state index contributed by atoms with van der Waals surface area (Å²) in [7, 11) is 0. The van der Waals surface area contributed by atoms with E-state index in [0.29, 0.717) is 17.2 Å². The SMILES string of the molecule is O=C(COc1cccc(Cl)c1)Cc1cccc(-c2nc3ccncc3s2)c1. The van der Waals surface area contributed by atoms with Crippen LogP contribution >= 0.6 is 22.9 Å². The van der Waals surface area contributed by atoms with E-state index in [4.69, 9.17) is 16.3 Å². The molecule has 2 heterocycles. The molecule has 0 fully saturated rings. The first-order valence-electron chi connectivity index (χ1n) is 8.37. The van der Waals surface area contributed by atoms with Crippen LogP contribution in [0.2, 0.25) is 5.02 Å². The summed E-state index contributed by atoms with van der Waals surface area (Å²) in [5.74, 6) is 0.591. The van der Waals surface area contributed by atoms with E-state index in [9.17, 15) is 4.79 Å². The highest BCUT2D eigenvalue weighted by Crippen LogP contribution is 2.30. The first kappa shape index (κ1) is 17.6. The van der Waals surface area contributed by atoms with E-state index in [1.54, 1.807) is 41.8 Å². The van der Waals surface area contributed by atoms with Gasteiger partial charge >= 0.3 is 0 Å². The second-order valence-corrected chi connectivity index (χ2v) is 7.49. The molecule has 27 heavy (non-hydrogen) atoms. The maximum absolute atomic E-state index is 12.3. The van der Waals surface area contributed by atoms with Crippen molar-refractivity contribution in [1.29, 1.82) is 0 Å². The number of nitrogens with zero attached hydrogens (tertiary/aromatic N) is 2. The monoisotopic (exact) mass is 394 g/mol. The zero-order chi connectivity index (χ0) is 18.6. The largest absolute Gasteiger partial charge is 0.486 e. The van der Waals surface area contributed by atoms with Crippen molar-refractivity contribution >= 4 is 38.9 Å². The second kappa shape index (κ2) is 7.86. The fourth-order valence-electron chi connectivity index (χ4n) is 2.72. The number of halogens is 1. The van der Waals surface area contributed by atoms with Crippen LogP contribution in [-0.4, -0.2) is 22.4 Å². The molecule has 0 atom stereocenters. The molecule has 0 aliphatic heterocycles. The zero-order valence-electron chi connectivity index (χ0n) is 14.3. The summed E-state index contributed by atoms with van der Waals surface area (Å²) in [5.41, 5.74) is 2.86. The molecule has 0 radical (unpaired) electrons. The number of rotatable bonds is 6. The molecule has 2 aromatic carbocycles. The number of hydrogen-bond acceptors (Lipinski definition) is 5. The number of aromatic nitrogens is 2. The Hall–Kier alpha value is -2.76. The standard InChI is InChI=1S/C21H15ClN2O2S/c22-16-5-2-6-18(11-16)26-13-17(25)10-14-3-1-4-15(9-14)21-24-19-7-8-23-12-20(19)27-21/h1-9,11-12H,10,13H2. The Morgan fingerprint density at radius 2 is 2.00 bits per heavy atom. The fraction of sp³-hybridized carbons (Fsp3) is 0.0952. The Balaban J connectivity index is 1.45. The van der Waals surface area contributed by atoms with E-state index >= 15 is 0 Å². The summed E-state index contributed by atoms with van der Waals surface area (Å²) in [4.78, 5) is 21.1. The predicted molar refractivity (Wildman–Crippen MR) is 109 cm³/mol. The Labute approximate surface area is 165 Å². The van der Waals surface area contributed by atoms with Crippen molar-refractivity contribution < 1.29 is 9.53 Å². The number of fused-ring (bicyclic) bond motifs is 1. The molecular formula is C21H15ClN2O2S. The molecule has 0 bridgehead atoms. The van der Waals surface area contributed by atoms with Gasteiger partial charge in [-0.2, -0.15) is 0 Å². The Bertz CT molecular complexity index is 1080. The van der Waals surface area contributed by atoms with Crippen molar-refractivity contribution in [2.24, 2.45) is 0 Å². The number of pyridine rings is 1. The van der Waals surface area contributed by atoms with Crippen molar-refractivity contribution in [2.45, 2.75) is 6.42 Å². The highest BCUT2D eigenvalue weighted by molar-refractivity contribution is 7.21. The van der Waals surface area contributed by atoms with Crippen LogP contribution in [0.1, 0.15) is 5.56 Å². The summed E-state index contributed by atoms with van der Waals surface area (Å²) in [6.45, 7) is 0.0113. The van der Waals surface area contributed by atoms with Crippen molar-refractivity contribution in [1.82, 2.24) is 9.97 Å². The Morgan fingerprint density at radius 3 is 2.85 bits per heavy atom. The van der Waals surface area contributed by atoms with Crippen molar-refractivity contribution in [3.05, 3.63) is 77.6 Å². The predicted octanol–water partition coefficient (Wildman–Crippen LogP) is 5.20. The lowest BCUT2D eigenvalue weighted by Crippen LogP contribution is -2.13.